The normalized spacial score (nSPS) is 13.4. The molecule has 1 unspecified atom stereocenters. The Morgan fingerprint density at radius 1 is 0.963 bits per heavy atom. The number of quaternary nitrogens is 1. The first-order valence-electron chi connectivity index (χ1n) is 9.58. The number of nitrogens with one attached hydrogen (secondary N) is 1. The van der Waals surface area contributed by atoms with Gasteiger partial charge in [-0.1, -0.05) is 55.5 Å². The summed E-state index contributed by atoms with van der Waals surface area (Å²) in [6.45, 7) is 4.85. The maximum absolute atomic E-state index is 14.0. The SMILES string of the molecule is CC[C@H](O)C[NH+](Cc1ccccc1)Cc1cccn1Cc1ccccc1F. The van der Waals surface area contributed by atoms with Gasteiger partial charge in [-0.2, -0.15) is 0 Å². The average molecular weight is 367 g/mol. The van der Waals surface area contributed by atoms with Crippen molar-refractivity contribution >= 4 is 0 Å². The third-order valence-electron chi connectivity index (χ3n) is 4.95. The summed E-state index contributed by atoms with van der Waals surface area (Å²) in [6, 6.07) is 21.4. The second-order valence-electron chi connectivity index (χ2n) is 7.07. The fourth-order valence-corrected chi connectivity index (χ4v) is 3.40. The van der Waals surface area contributed by atoms with Gasteiger partial charge in [-0.15, -0.1) is 0 Å². The van der Waals surface area contributed by atoms with E-state index in [1.165, 1.54) is 16.5 Å². The van der Waals surface area contributed by atoms with E-state index in [-0.39, 0.29) is 11.9 Å². The van der Waals surface area contributed by atoms with E-state index >= 15 is 0 Å². The molecule has 0 aliphatic heterocycles. The molecular formula is C23H28FN2O+. The highest BCUT2D eigenvalue weighted by atomic mass is 19.1. The molecule has 0 aliphatic rings. The van der Waals surface area contributed by atoms with E-state index in [4.69, 9.17) is 0 Å². The summed E-state index contributed by atoms with van der Waals surface area (Å²) < 4.78 is 16.1. The summed E-state index contributed by atoms with van der Waals surface area (Å²) in [5.74, 6) is -0.174. The lowest BCUT2D eigenvalue weighted by Gasteiger charge is -2.23. The van der Waals surface area contributed by atoms with Crippen molar-refractivity contribution in [2.24, 2.45) is 0 Å². The van der Waals surface area contributed by atoms with E-state index in [1.807, 2.05) is 49.5 Å². The van der Waals surface area contributed by atoms with E-state index in [2.05, 4.69) is 22.8 Å². The van der Waals surface area contributed by atoms with Crippen molar-refractivity contribution in [1.82, 2.24) is 4.57 Å². The van der Waals surface area contributed by atoms with Crippen LogP contribution in [-0.4, -0.2) is 22.3 Å². The van der Waals surface area contributed by atoms with Crippen LogP contribution in [-0.2, 0) is 19.6 Å². The van der Waals surface area contributed by atoms with Crippen LogP contribution < -0.4 is 4.90 Å². The van der Waals surface area contributed by atoms with E-state index in [9.17, 15) is 9.50 Å². The monoisotopic (exact) mass is 367 g/mol. The molecule has 0 fully saturated rings. The van der Waals surface area contributed by atoms with Crippen molar-refractivity contribution in [2.45, 2.75) is 39.1 Å². The van der Waals surface area contributed by atoms with E-state index < -0.39 is 0 Å². The molecule has 2 N–H and O–H groups in total. The zero-order valence-corrected chi connectivity index (χ0v) is 15.8. The molecule has 3 nitrogen and oxygen atoms in total. The van der Waals surface area contributed by atoms with Crippen molar-refractivity contribution in [1.29, 1.82) is 0 Å². The fourth-order valence-electron chi connectivity index (χ4n) is 3.40. The number of aliphatic hydroxyl groups is 1. The summed E-state index contributed by atoms with van der Waals surface area (Å²) in [5, 5.41) is 10.2. The van der Waals surface area contributed by atoms with Crippen molar-refractivity contribution in [2.75, 3.05) is 6.54 Å². The average Bonchev–Trinajstić information content (AvgIpc) is 3.11. The van der Waals surface area contributed by atoms with Crippen LogP contribution in [0.3, 0.4) is 0 Å². The number of rotatable bonds is 9. The standard InChI is InChI=1S/C23H27FN2O/c1-2-22(27)18-25(15-19-9-4-3-5-10-19)17-21-12-8-14-26(21)16-20-11-6-7-13-23(20)24/h3-14,22,27H,2,15-18H2,1H3/p+1/t22-/m0/s1. The van der Waals surface area contributed by atoms with Crippen LogP contribution >= 0.6 is 0 Å². The first-order valence-corrected chi connectivity index (χ1v) is 9.58. The van der Waals surface area contributed by atoms with E-state index in [1.54, 1.807) is 6.07 Å². The van der Waals surface area contributed by atoms with Crippen molar-refractivity contribution in [3.63, 3.8) is 0 Å². The highest BCUT2D eigenvalue weighted by Crippen LogP contribution is 2.11. The van der Waals surface area contributed by atoms with Crippen molar-refractivity contribution < 1.29 is 14.4 Å². The summed E-state index contributed by atoms with van der Waals surface area (Å²) in [5.41, 5.74) is 3.09. The molecule has 0 saturated heterocycles. The lowest BCUT2D eigenvalue weighted by atomic mass is 10.1. The lowest BCUT2D eigenvalue weighted by Crippen LogP contribution is -3.10. The number of hydrogen-bond acceptors (Lipinski definition) is 1. The van der Waals surface area contributed by atoms with Gasteiger partial charge in [0.15, 0.2) is 0 Å². The van der Waals surface area contributed by atoms with Gasteiger partial charge in [0.2, 0.25) is 0 Å². The molecule has 1 heterocycles. The molecule has 3 aromatic rings. The Labute approximate surface area is 160 Å². The molecule has 0 aliphatic carbocycles. The van der Waals surface area contributed by atoms with Gasteiger partial charge in [0.05, 0.1) is 12.2 Å². The predicted molar refractivity (Wildman–Crippen MR) is 106 cm³/mol. The quantitative estimate of drug-likeness (QED) is 0.598. The van der Waals surface area contributed by atoms with Gasteiger partial charge in [0.25, 0.3) is 0 Å². The molecule has 0 spiro atoms. The largest absolute Gasteiger partial charge is 0.387 e. The predicted octanol–water partition coefficient (Wildman–Crippen LogP) is 3.03. The molecule has 142 valence electrons. The summed E-state index contributed by atoms with van der Waals surface area (Å²) in [7, 11) is 0. The van der Waals surface area contributed by atoms with Crippen LogP contribution in [0.25, 0.3) is 0 Å². The van der Waals surface area contributed by atoms with Gasteiger partial charge in [-0.05, 0) is 24.6 Å². The summed E-state index contributed by atoms with van der Waals surface area (Å²) in [4.78, 5) is 1.30. The topological polar surface area (TPSA) is 29.6 Å². The van der Waals surface area contributed by atoms with Crippen molar-refractivity contribution in [3.05, 3.63) is 95.6 Å². The van der Waals surface area contributed by atoms with Gasteiger partial charge in [-0.25, -0.2) is 4.39 Å². The van der Waals surface area contributed by atoms with Crippen LogP contribution in [0.2, 0.25) is 0 Å². The first kappa shape index (κ1) is 19.3. The highest BCUT2D eigenvalue weighted by Gasteiger charge is 2.17. The Morgan fingerprint density at radius 2 is 1.70 bits per heavy atom. The molecule has 0 saturated carbocycles. The molecule has 2 atom stereocenters. The lowest BCUT2D eigenvalue weighted by molar-refractivity contribution is -0.930. The molecule has 4 heteroatoms. The summed E-state index contributed by atoms with van der Waals surface area (Å²) >= 11 is 0. The molecule has 0 bridgehead atoms. The fraction of sp³-hybridized carbons (Fsp3) is 0.304. The summed E-state index contributed by atoms with van der Waals surface area (Å²) in [6.07, 6.45) is 2.42. The number of halogens is 1. The Bertz CT molecular complexity index is 831. The van der Waals surface area contributed by atoms with Crippen LogP contribution in [0.4, 0.5) is 4.39 Å². The minimum absolute atomic E-state index is 0.174. The Morgan fingerprint density at radius 3 is 2.44 bits per heavy atom. The Hall–Kier alpha value is -2.43. The van der Waals surface area contributed by atoms with Gasteiger partial charge >= 0.3 is 0 Å². The van der Waals surface area contributed by atoms with Crippen molar-refractivity contribution in [3.8, 4) is 0 Å². The van der Waals surface area contributed by atoms with Crippen LogP contribution in [0.5, 0.6) is 0 Å². The zero-order valence-electron chi connectivity index (χ0n) is 15.8. The number of aromatic nitrogens is 1. The molecule has 2 aromatic carbocycles. The van der Waals surface area contributed by atoms with E-state index in [0.717, 1.165) is 25.2 Å². The molecule has 0 radical (unpaired) electrons. The molecular weight excluding hydrogens is 339 g/mol. The van der Waals surface area contributed by atoms with Gasteiger partial charge in [0, 0.05) is 17.3 Å². The molecule has 27 heavy (non-hydrogen) atoms. The van der Waals surface area contributed by atoms with Gasteiger partial charge in [0.1, 0.15) is 31.6 Å². The highest BCUT2D eigenvalue weighted by molar-refractivity contribution is 5.19. The maximum Gasteiger partial charge on any atom is 0.128 e. The number of hydrogen-bond donors (Lipinski definition) is 2. The van der Waals surface area contributed by atoms with Crippen LogP contribution in [0.1, 0.15) is 30.2 Å². The van der Waals surface area contributed by atoms with Crippen LogP contribution in [0, 0.1) is 5.82 Å². The van der Waals surface area contributed by atoms with Gasteiger partial charge in [-0.3, -0.25) is 0 Å². The zero-order chi connectivity index (χ0) is 19.1. The smallest absolute Gasteiger partial charge is 0.128 e. The minimum Gasteiger partial charge on any atom is -0.387 e. The number of nitrogens with zero attached hydrogens (tertiary/aromatic N) is 1. The number of aliphatic hydroxyl groups excluding tert-OH is 1. The molecule has 0 amide bonds. The number of benzene rings is 2. The van der Waals surface area contributed by atoms with Crippen LogP contribution in [0.15, 0.2) is 72.9 Å². The Kier molecular flexibility index (Phi) is 6.80. The second-order valence-corrected chi connectivity index (χ2v) is 7.07. The third kappa shape index (κ3) is 5.52. The Balaban J connectivity index is 1.75. The third-order valence-corrected chi connectivity index (χ3v) is 4.95. The molecule has 1 aromatic heterocycles. The minimum atomic E-state index is -0.321. The maximum atomic E-state index is 14.0. The van der Waals surface area contributed by atoms with Gasteiger partial charge < -0.3 is 14.6 Å². The first-order chi connectivity index (χ1) is 13.2. The van der Waals surface area contributed by atoms with E-state index in [0.29, 0.717) is 18.7 Å². The molecule has 3 rings (SSSR count). The second kappa shape index (κ2) is 9.49.